The SMILES string of the molecule is CCOC(=O)C1C=NN2C(c3ccc(OC)c(OC)c3)CC(c3ccc([N+](=O)[O-])s3)NC12. The molecule has 1 aromatic carbocycles. The van der Waals surface area contributed by atoms with Crippen LogP contribution in [0.15, 0.2) is 35.4 Å². The average Bonchev–Trinajstić information content (AvgIpc) is 3.45. The summed E-state index contributed by atoms with van der Waals surface area (Å²) in [4.78, 5) is 24.2. The van der Waals surface area contributed by atoms with Crippen LogP contribution in [-0.2, 0) is 9.53 Å². The summed E-state index contributed by atoms with van der Waals surface area (Å²) in [6.07, 6.45) is 1.76. The first-order valence-corrected chi connectivity index (χ1v) is 11.0. The number of esters is 1. The highest BCUT2D eigenvalue weighted by molar-refractivity contribution is 7.15. The zero-order valence-electron chi connectivity index (χ0n) is 17.9. The van der Waals surface area contributed by atoms with E-state index in [-0.39, 0.29) is 29.7 Å². The van der Waals surface area contributed by atoms with E-state index in [1.807, 2.05) is 23.2 Å². The van der Waals surface area contributed by atoms with Crippen molar-refractivity contribution in [3.8, 4) is 11.5 Å². The van der Waals surface area contributed by atoms with E-state index in [1.54, 1.807) is 33.4 Å². The maximum Gasteiger partial charge on any atom is 0.324 e. The van der Waals surface area contributed by atoms with Crippen LogP contribution in [0.4, 0.5) is 5.00 Å². The lowest BCUT2D eigenvalue weighted by Crippen LogP contribution is -2.54. The van der Waals surface area contributed by atoms with E-state index in [0.29, 0.717) is 17.9 Å². The normalized spacial score (nSPS) is 24.2. The Morgan fingerprint density at radius 2 is 2.06 bits per heavy atom. The van der Waals surface area contributed by atoms with E-state index >= 15 is 0 Å². The number of benzene rings is 1. The summed E-state index contributed by atoms with van der Waals surface area (Å²) in [5, 5.41) is 21.1. The summed E-state index contributed by atoms with van der Waals surface area (Å²) in [5.74, 6) is 0.255. The number of carbonyl (C=O) groups is 1. The molecule has 1 N–H and O–H groups in total. The molecule has 2 aliphatic heterocycles. The molecule has 0 aliphatic carbocycles. The van der Waals surface area contributed by atoms with Gasteiger partial charge in [0, 0.05) is 23.2 Å². The van der Waals surface area contributed by atoms with Crippen LogP contribution in [-0.4, -0.2) is 49.1 Å². The Morgan fingerprint density at radius 1 is 1.28 bits per heavy atom. The van der Waals surface area contributed by atoms with Gasteiger partial charge in [0.15, 0.2) is 11.5 Å². The summed E-state index contributed by atoms with van der Waals surface area (Å²) in [6, 6.07) is 8.54. The van der Waals surface area contributed by atoms with Crippen molar-refractivity contribution in [1.29, 1.82) is 0 Å². The summed E-state index contributed by atoms with van der Waals surface area (Å²) in [6.45, 7) is 2.03. The minimum absolute atomic E-state index is 0.0801. The predicted octanol–water partition coefficient (Wildman–Crippen LogP) is 3.26. The van der Waals surface area contributed by atoms with Gasteiger partial charge < -0.3 is 14.2 Å². The first-order chi connectivity index (χ1) is 15.5. The van der Waals surface area contributed by atoms with Gasteiger partial charge >= 0.3 is 11.0 Å². The fourth-order valence-electron chi connectivity index (χ4n) is 4.13. The zero-order valence-corrected chi connectivity index (χ0v) is 18.7. The Bertz CT molecular complexity index is 1040. The lowest BCUT2D eigenvalue weighted by Gasteiger charge is -2.43. The Morgan fingerprint density at radius 3 is 2.72 bits per heavy atom. The van der Waals surface area contributed by atoms with Crippen LogP contribution in [0, 0.1) is 16.0 Å². The Labute approximate surface area is 188 Å². The first kappa shape index (κ1) is 22.0. The molecule has 0 amide bonds. The third-order valence-corrected chi connectivity index (χ3v) is 6.77. The van der Waals surface area contributed by atoms with Crippen LogP contribution < -0.4 is 14.8 Å². The number of hydrogen-bond acceptors (Lipinski definition) is 10. The van der Waals surface area contributed by atoms with Gasteiger partial charge in [-0.3, -0.25) is 25.2 Å². The fraction of sp³-hybridized carbons (Fsp3) is 0.429. The number of rotatable bonds is 7. The van der Waals surface area contributed by atoms with Crippen LogP contribution in [0.3, 0.4) is 0 Å². The van der Waals surface area contributed by atoms with E-state index in [2.05, 4.69) is 10.4 Å². The van der Waals surface area contributed by atoms with E-state index in [9.17, 15) is 14.9 Å². The second-order valence-electron chi connectivity index (χ2n) is 7.39. The van der Waals surface area contributed by atoms with Crippen LogP contribution in [0.5, 0.6) is 11.5 Å². The lowest BCUT2D eigenvalue weighted by atomic mass is 9.92. The van der Waals surface area contributed by atoms with Crippen molar-refractivity contribution >= 4 is 28.5 Å². The number of carbonyl (C=O) groups excluding carboxylic acids is 1. The van der Waals surface area contributed by atoms with Crippen molar-refractivity contribution in [3.63, 3.8) is 0 Å². The molecular formula is C21H24N4O6S. The largest absolute Gasteiger partial charge is 0.493 e. The van der Waals surface area contributed by atoms with Gasteiger partial charge in [0.1, 0.15) is 12.1 Å². The molecule has 3 heterocycles. The van der Waals surface area contributed by atoms with Gasteiger partial charge in [-0.25, -0.2) is 0 Å². The average molecular weight is 461 g/mol. The van der Waals surface area contributed by atoms with Crippen LogP contribution in [0.25, 0.3) is 0 Å². The van der Waals surface area contributed by atoms with Crippen LogP contribution in [0.1, 0.15) is 35.9 Å². The highest BCUT2D eigenvalue weighted by Gasteiger charge is 2.46. The van der Waals surface area contributed by atoms with Gasteiger partial charge in [-0.2, -0.15) is 5.10 Å². The predicted molar refractivity (Wildman–Crippen MR) is 118 cm³/mol. The molecule has 1 aromatic heterocycles. The Kier molecular flexibility index (Phi) is 6.28. The van der Waals surface area contributed by atoms with Gasteiger partial charge in [0.2, 0.25) is 0 Å². The molecular weight excluding hydrogens is 436 g/mol. The van der Waals surface area contributed by atoms with Gasteiger partial charge in [-0.1, -0.05) is 17.4 Å². The summed E-state index contributed by atoms with van der Waals surface area (Å²) in [7, 11) is 3.15. The maximum atomic E-state index is 12.6. The first-order valence-electron chi connectivity index (χ1n) is 10.2. The Hall–Kier alpha value is -3.18. The van der Waals surface area contributed by atoms with Crippen LogP contribution in [0.2, 0.25) is 0 Å². The van der Waals surface area contributed by atoms with Gasteiger partial charge in [-0.15, -0.1) is 0 Å². The highest BCUT2D eigenvalue weighted by Crippen LogP contribution is 2.44. The van der Waals surface area contributed by atoms with Crippen molar-refractivity contribution in [1.82, 2.24) is 10.3 Å². The maximum absolute atomic E-state index is 12.6. The number of thiophene rings is 1. The molecule has 11 heteroatoms. The van der Waals surface area contributed by atoms with E-state index in [1.165, 1.54) is 6.07 Å². The molecule has 2 aliphatic rings. The number of ether oxygens (including phenoxy) is 3. The quantitative estimate of drug-likeness (QED) is 0.380. The highest BCUT2D eigenvalue weighted by atomic mass is 32.1. The van der Waals surface area contributed by atoms with E-state index < -0.39 is 17.0 Å². The van der Waals surface area contributed by atoms with Crippen molar-refractivity contribution in [2.24, 2.45) is 11.0 Å². The second kappa shape index (κ2) is 9.13. The third-order valence-electron chi connectivity index (χ3n) is 5.62. The molecule has 2 aromatic rings. The van der Waals surface area contributed by atoms with Gasteiger partial charge in [-0.05, 0) is 37.1 Å². The van der Waals surface area contributed by atoms with Gasteiger partial charge in [0.25, 0.3) is 0 Å². The molecule has 10 nitrogen and oxygen atoms in total. The summed E-state index contributed by atoms with van der Waals surface area (Å²) in [5.41, 5.74) is 0.937. The molecule has 1 saturated heterocycles. The topological polar surface area (TPSA) is 116 Å². The van der Waals surface area contributed by atoms with Crippen LogP contribution >= 0.6 is 11.3 Å². The molecule has 32 heavy (non-hydrogen) atoms. The summed E-state index contributed by atoms with van der Waals surface area (Å²) < 4.78 is 16.1. The van der Waals surface area contributed by atoms with Crippen molar-refractivity contribution in [3.05, 3.63) is 50.9 Å². The molecule has 0 spiro atoms. The number of nitrogens with zero attached hydrogens (tertiary/aromatic N) is 3. The number of methoxy groups -OCH3 is 2. The number of hydrogen-bond donors (Lipinski definition) is 1. The number of hydrazone groups is 1. The number of nitrogens with one attached hydrogen (secondary N) is 1. The van der Waals surface area contributed by atoms with Crippen molar-refractivity contribution < 1.29 is 23.9 Å². The molecule has 4 atom stereocenters. The molecule has 0 bridgehead atoms. The minimum Gasteiger partial charge on any atom is -0.493 e. The Balaban J connectivity index is 1.70. The molecule has 4 rings (SSSR count). The number of nitro groups is 1. The fourth-order valence-corrected chi connectivity index (χ4v) is 5.02. The summed E-state index contributed by atoms with van der Waals surface area (Å²) >= 11 is 1.13. The smallest absolute Gasteiger partial charge is 0.324 e. The lowest BCUT2D eigenvalue weighted by molar-refractivity contribution is -0.380. The van der Waals surface area contributed by atoms with E-state index in [4.69, 9.17) is 14.2 Å². The zero-order chi connectivity index (χ0) is 22.8. The van der Waals surface area contributed by atoms with Gasteiger partial charge in [0.05, 0.1) is 31.8 Å². The monoisotopic (exact) mass is 460 g/mol. The molecule has 1 fully saturated rings. The standard InChI is InChI=1S/C21H24N4O6S/c1-4-31-21(26)13-11-22-24-15(12-5-6-16(29-2)17(9-12)30-3)10-14(23-20(13)24)18-7-8-19(32-18)25(27)28/h5-9,11,13-15,20,23H,4,10H2,1-3H3. The minimum atomic E-state index is -0.588. The third kappa shape index (κ3) is 4.00. The molecule has 0 radical (unpaired) electrons. The van der Waals surface area contributed by atoms with Crippen molar-refractivity contribution in [2.75, 3.05) is 20.8 Å². The molecule has 170 valence electrons. The molecule has 4 unspecified atom stereocenters. The van der Waals surface area contributed by atoms with Crippen molar-refractivity contribution in [2.45, 2.75) is 31.6 Å². The number of fused-ring (bicyclic) bond motifs is 1. The second-order valence-corrected chi connectivity index (χ2v) is 8.48. The van der Waals surface area contributed by atoms with E-state index in [0.717, 1.165) is 21.8 Å². The molecule has 0 saturated carbocycles.